The Balaban J connectivity index is 1.38. The van der Waals surface area contributed by atoms with E-state index in [9.17, 15) is 22.0 Å². The first kappa shape index (κ1) is 20.5. The van der Waals surface area contributed by atoms with Crippen molar-refractivity contribution < 1.29 is 26.7 Å². The number of imidazole rings is 1. The summed E-state index contributed by atoms with van der Waals surface area (Å²) >= 11 is 0. The highest BCUT2D eigenvalue weighted by Crippen LogP contribution is 2.56. The van der Waals surface area contributed by atoms with E-state index in [4.69, 9.17) is 10.7 Å². The van der Waals surface area contributed by atoms with E-state index in [0.29, 0.717) is 30.3 Å². The van der Waals surface area contributed by atoms with Crippen LogP contribution in [0.3, 0.4) is 0 Å². The molecule has 6 nitrogen and oxygen atoms in total. The van der Waals surface area contributed by atoms with E-state index in [2.05, 4.69) is 14.3 Å². The zero-order chi connectivity index (χ0) is 21.9. The molecule has 2 saturated carbocycles. The lowest BCUT2D eigenvalue weighted by Crippen LogP contribution is -2.34. The number of anilines is 1. The van der Waals surface area contributed by atoms with Gasteiger partial charge in [0, 0.05) is 43.5 Å². The lowest BCUT2D eigenvalue weighted by molar-refractivity contribution is -0.144. The number of pyridine rings is 1. The molecule has 11 heteroatoms. The molecule has 3 fully saturated rings. The summed E-state index contributed by atoms with van der Waals surface area (Å²) in [6, 6.07) is 1.51. The first-order valence-electron chi connectivity index (χ1n) is 10.3. The van der Waals surface area contributed by atoms with Crippen molar-refractivity contribution in [1.29, 1.82) is 0 Å². The summed E-state index contributed by atoms with van der Waals surface area (Å²) in [5, 5.41) is 0. The minimum Gasteiger partial charge on any atom is -0.431 e. The molecule has 2 unspecified atom stereocenters. The Morgan fingerprint density at radius 2 is 1.90 bits per heavy atom. The maximum absolute atomic E-state index is 12.7. The molecule has 0 radical (unpaired) electrons. The fraction of sp³-hybridized carbons (Fsp3) is 0.600. The van der Waals surface area contributed by atoms with Crippen LogP contribution in [0, 0.1) is 17.8 Å². The van der Waals surface area contributed by atoms with E-state index in [1.807, 2.05) is 6.20 Å². The Bertz CT molecular complexity index is 961. The third-order valence-corrected chi connectivity index (χ3v) is 6.32. The topological polar surface area (TPSA) is 69.2 Å². The first-order chi connectivity index (χ1) is 14.7. The van der Waals surface area contributed by atoms with Crippen molar-refractivity contribution in [3.8, 4) is 17.0 Å². The quantitative estimate of drug-likeness (QED) is 0.661. The van der Waals surface area contributed by atoms with Crippen LogP contribution in [0.2, 0.25) is 0 Å². The summed E-state index contributed by atoms with van der Waals surface area (Å²) in [6.45, 7) is -3.06. The number of aromatic nitrogens is 3. The predicted molar refractivity (Wildman–Crippen MR) is 101 cm³/mol. The summed E-state index contributed by atoms with van der Waals surface area (Å²) in [4.78, 5) is 10.1. The zero-order valence-corrected chi connectivity index (χ0v) is 16.5. The van der Waals surface area contributed by atoms with E-state index < -0.39 is 19.3 Å². The normalized spacial score (nSPS) is 25.8. The Morgan fingerprint density at radius 3 is 2.52 bits per heavy atom. The van der Waals surface area contributed by atoms with Gasteiger partial charge in [-0.15, -0.1) is 0 Å². The number of ether oxygens (including phenoxy) is 1. The summed E-state index contributed by atoms with van der Waals surface area (Å²) in [7, 11) is 0. The highest BCUT2D eigenvalue weighted by Gasteiger charge is 2.58. The molecule has 1 saturated heterocycles. The van der Waals surface area contributed by atoms with Crippen molar-refractivity contribution in [2.75, 3.05) is 25.4 Å². The second-order valence-corrected chi connectivity index (χ2v) is 8.71. The number of piperidine rings is 1. The van der Waals surface area contributed by atoms with Crippen LogP contribution < -0.4 is 10.5 Å². The standard InChI is InChI=1S/C20H22F5N5O/c21-19(22)31-15-4-11(5-27-18(15)26)14-8-30(16(28-14)3-10-1-2-10)17-12-6-29(7-13(12)17)9-20(23,24)25/h4-5,8,10,12-13,17,19H,1-3,6-7,9H2,(H2,26,27). The highest BCUT2D eigenvalue weighted by molar-refractivity contribution is 5.63. The smallest absolute Gasteiger partial charge is 0.401 e. The molecule has 3 heterocycles. The number of nitrogens with two attached hydrogens (primary N) is 1. The van der Waals surface area contributed by atoms with E-state index >= 15 is 0 Å². The van der Waals surface area contributed by atoms with Gasteiger partial charge < -0.3 is 15.0 Å². The van der Waals surface area contributed by atoms with Crippen LogP contribution in [-0.4, -0.2) is 51.9 Å². The van der Waals surface area contributed by atoms with Gasteiger partial charge in [0.2, 0.25) is 0 Å². The summed E-state index contributed by atoms with van der Waals surface area (Å²) in [6.07, 6.45) is 2.19. The second kappa shape index (κ2) is 7.32. The van der Waals surface area contributed by atoms with Crippen molar-refractivity contribution >= 4 is 5.82 Å². The first-order valence-corrected chi connectivity index (χ1v) is 10.3. The Labute approximate surface area is 175 Å². The van der Waals surface area contributed by atoms with Crippen LogP contribution in [-0.2, 0) is 6.42 Å². The van der Waals surface area contributed by atoms with Gasteiger partial charge in [0.25, 0.3) is 0 Å². The van der Waals surface area contributed by atoms with Crippen LogP contribution in [0.25, 0.3) is 11.3 Å². The fourth-order valence-electron chi connectivity index (χ4n) is 4.72. The number of hydrogen-bond acceptors (Lipinski definition) is 5. The van der Waals surface area contributed by atoms with Crippen LogP contribution in [0.5, 0.6) is 5.75 Å². The van der Waals surface area contributed by atoms with Crippen LogP contribution in [0.1, 0.15) is 24.7 Å². The molecule has 168 valence electrons. The molecule has 0 amide bonds. The molecule has 2 atom stereocenters. The number of alkyl halides is 5. The molecule has 31 heavy (non-hydrogen) atoms. The molecular formula is C20H22F5N5O. The van der Waals surface area contributed by atoms with Gasteiger partial charge >= 0.3 is 12.8 Å². The van der Waals surface area contributed by atoms with E-state index in [-0.39, 0.29) is 29.4 Å². The van der Waals surface area contributed by atoms with Crippen LogP contribution in [0.15, 0.2) is 18.5 Å². The molecule has 2 aromatic heterocycles. The molecule has 0 aromatic carbocycles. The summed E-state index contributed by atoms with van der Waals surface area (Å²) < 4.78 is 69.8. The van der Waals surface area contributed by atoms with E-state index in [1.54, 1.807) is 0 Å². The molecule has 3 aliphatic rings. The molecule has 0 bridgehead atoms. The van der Waals surface area contributed by atoms with E-state index in [0.717, 1.165) is 25.1 Å². The predicted octanol–water partition coefficient (Wildman–Crippen LogP) is 3.75. The SMILES string of the molecule is Nc1ncc(-c2cn(C3C4CN(CC(F)(F)F)CC43)c(CC3CC3)n2)cc1OC(F)F. The minimum atomic E-state index is -4.19. The Morgan fingerprint density at radius 1 is 1.19 bits per heavy atom. The van der Waals surface area contributed by atoms with Crippen molar-refractivity contribution in [2.45, 2.75) is 38.1 Å². The third-order valence-electron chi connectivity index (χ3n) is 6.32. The van der Waals surface area contributed by atoms with Gasteiger partial charge in [-0.2, -0.15) is 22.0 Å². The molecular weight excluding hydrogens is 421 g/mol. The Hall–Kier alpha value is -2.43. The van der Waals surface area contributed by atoms with Gasteiger partial charge in [-0.05, 0) is 36.7 Å². The number of likely N-dealkylation sites (tertiary alicyclic amines) is 1. The lowest BCUT2D eigenvalue weighted by atomic mass is 10.2. The molecule has 1 aliphatic heterocycles. The van der Waals surface area contributed by atoms with Crippen LogP contribution >= 0.6 is 0 Å². The maximum atomic E-state index is 12.7. The van der Waals surface area contributed by atoms with Crippen LogP contribution in [0.4, 0.5) is 27.8 Å². The van der Waals surface area contributed by atoms with Gasteiger partial charge in [-0.3, -0.25) is 4.90 Å². The number of nitrogens with zero attached hydrogens (tertiary/aromatic N) is 4. The number of halogens is 5. The highest BCUT2D eigenvalue weighted by atomic mass is 19.4. The fourth-order valence-corrected chi connectivity index (χ4v) is 4.72. The number of hydrogen-bond donors (Lipinski definition) is 1. The number of nitrogen functional groups attached to an aromatic ring is 1. The zero-order valence-electron chi connectivity index (χ0n) is 16.5. The monoisotopic (exact) mass is 443 g/mol. The number of rotatable bonds is 7. The molecule has 2 aromatic rings. The second-order valence-electron chi connectivity index (χ2n) is 8.71. The van der Waals surface area contributed by atoms with Gasteiger partial charge in [0.15, 0.2) is 11.6 Å². The van der Waals surface area contributed by atoms with Gasteiger partial charge in [-0.1, -0.05) is 0 Å². The van der Waals surface area contributed by atoms with Crippen molar-refractivity contribution in [3.05, 3.63) is 24.3 Å². The number of fused-ring (bicyclic) bond motifs is 1. The van der Waals surface area contributed by atoms with Gasteiger partial charge in [0.05, 0.1) is 12.2 Å². The largest absolute Gasteiger partial charge is 0.431 e. The summed E-state index contributed by atoms with van der Waals surface area (Å²) in [5.74, 6) is 1.44. The average molecular weight is 443 g/mol. The van der Waals surface area contributed by atoms with Crippen molar-refractivity contribution in [3.63, 3.8) is 0 Å². The molecule has 2 N–H and O–H groups in total. The van der Waals surface area contributed by atoms with Crippen molar-refractivity contribution in [2.24, 2.45) is 17.8 Å². The minimum absolute atomic E-state index is 0.123. The lowest BCUT2D eigenvalue weighted by Gasteiger charge is -2.21. The van der Waals surface area contributed by atoms with Gasteiger partial charge in [-0.25, -0.2) is 9.97 Å². The van der Waals surface area contributed by atoms with E-state index in [1.165, 1.54) is 17.2 Å². The van der Waals surface area contributed by atoms with Gasteiger partial charge in [0.1, 0.15) is 5.82 Å². The summed E-state index contributed by atoms with van der Waals surface area (Å²) in [5.41, 5.74) is 6.70. The molecule has 5 rings (SSSR count). The molecule has 2 aliphatic carbocycles. The Kier molecular flexibility index (Phi) is 4.83. The van der Waals surface area contributed by atoms with Crippen molar-refractivity contribution in [1.82, 2.24) is 19.4 Å². The average Bonchev–Trinajstić information content (AvgIpc) is 3.51. The maximum Gasteiger partial charge on any atom is 0.401 e. The third kappa shape index (κ3) is 4.32. The molecule has 0 spiro atoms.